The van der Waals surface area contributed by atoms with Crippen LogP contribution >= 0.6 is 23.5 Å². The van der Waals surface area contributed by atoms with Crippen molar-refractivity contribution < 1.29 is 18.4 Å². The Bertz CT molecular complexity index is 2050. The lowest BCUT2D eigenvalue weighted by molar-refractivity contribution is 0.0910. The normalized spacial score (nSPS) is 11.7. The lowest BCUT2D eigenvalue weighted by atomic mass is 9.93. The number of carbonyl (C=O) groups excluding carboxylic acids is 2. The van der Waals surface area contributed by atoms with E-state index in [0.29, 0.717) is 38.4 Å². The summed E-state index contributed by atoms with van der Waals surface area (Å²) in [6, 6.07) is 24.6. The van der Waals surface area contributed by atoms with E-state index in [9.17, 15) is 14.0 Å². The molecule has 0 unspecified atom stereocenters. The summed E-state index contributed by atoms with van der Waals surface area (Å²) >= 11 is 7.60. The molecular weight excluding hydrogens is 597 g/mol. The van der Waals surface area contributed by atoms with Gasteiger partial charge in [-0.3, -0.25) is 13.6 Å². The van der Waals surface area contributed by atoms with Gasteiger partial charge in [-0.15, -0.1) is 0 Å². The third-order valence-corrected chi connectivity index (χ3v) is 8.72. The number of amides is 2. The van der Waals surface area contributed by atoms with Gasteiger partial charge in [0.1, 0.15) is 17.2 Å². The number of aromatic nitrogens is 1. The number of rotatable bonds is 7. The minimum absolute atomic E-state index is 0.225. The molecule has 0 fully saturated rings. The van der Waals surface area contributed by atoms with Crippen molar-refractivity contribution in [2.45, 2.75) is 19.4 Å². The largest absolute Gasteiger partial charge is 0.454 e. The zero-order chi connectivity index (χ0) is 31.2. The van der Waals surface area contributed by atoms with Gasteiger partial charge in [0, 0.05) is 52.0 Å². The Morgan fingerprint density at radius 3 is 2.32 bits per heavy atom. The molecule has 2 N–H and O–H groups in total. The van der Waals surface area contributed by atoms with Gasteiger partial charge < -0.3 is 15.1 Å². The number of hydrogen-bond acceptors (Lipinski definition) is 4. The van der Waals surface area contributed by atoms with E-state index in [1.54, 1.807) is 37.4 Å². The van der Waals surface area contributed by atoms with Gasteiger partial charge in [-0.1, -0.05) is 35.9 Å². The quantitative estimate of drug-likeness (QED) is 0.186. The Morgan fingerprint density at radius 2 is 1.64 bits per heavy atom. The standard InChI is InChI=1S/C35H29ClFN3O3S/c1-35(2,23-10-12-24(36)13-11-23)39-33(41)22-7-5-6-21(18-22)27-19-28-29(34(42)38-3)31(20-8-14-25(37)15-9-20)43-32(28)26-16-17-40(44-4)30(26)27/h5-19H,1-4H3,(H,38,42)(H,39,41). The highest BCUT2D eigenvalue weighted by atomic mass is 35.5. The molecule has 6 nitrogen and oxygen atoms in total. The highest BCUT2D eigenvalue weighted by Gasteiger charge is 2.27. The van der Waals surface area contributed by atoms with E-state index in [1.165, 1.54) is 24.1 Å². The molecule has 6 aromatic rings. The summed E-state index contributed by atoms with van der Waals surface area (Å²) in [7, 11) is 1.56. The molecule has 9 heteroatoms. The lowest BCUT2D eigenvalue weighted by Crippen LogP contribution is -2.40. The minimum Gasteiger partial charge on any atom is -0.454 e. The van der Waals surface area contributed by atoms with Crippen LogP contribution in [-0.4, -0.2) is 29.1 Å². The zero-order valence-corrected chi connectivity index (χ0v) is 26.1. The van der Waals surface area contributed by atoms with Crippen LogP contribution in [0.3, 0.4) is 0 Å². The molecule has 0 saturated carbocycles. The molecule has 0 aliphatic carbocycles. The molecule has 2 aromatic heterocycles. The molecule has 0 bridgehead atoms. The molecule has 6 rings (SSSR count). The Balaban J connectivity index is 1.50. The van der Waals surface area contributed by atoms with Crippen LogP contribution in [-0.2, 0) is 5.54 Å². The molecule has 0 spiro atoms. The Hall–Kier alpha value is -4.53. The fourth-order valence-electron chi connectivity index (χ4n) is 5.51. The fourth-order valence-corrected chi connectivity index (χ4v) is 6.19. The van der Waals surface area contributed by atoms with E-state index in [-0.39, 0.29) is 17.6 Å². The molecule has 0 saturated heterocycles. The second-order valence-corrected chi connectivity index (χ2v) is 12.1. The topological polar surface area (TPSA) is 76.3 Å². The van der Waals surface area contributed by atoms with Crippen LogP contribution in [0.5, 0.6) is 0 Å². The molecule has 0 aliphatic rings. The molecule has 0 atom stereocenters. The van der Waals surface area contributed by atoms with Crippen molar-refractivity contribution in [1.29, 1.82) is 0 Å². The Kier molecular flexibility index (Phi) is 7.73. The van der Waals surface area contributed by atoms with E-state index in [4.69, 9.17) is 16.0 Å². The van der Waals surface area contributed by atoms with Gasteiger partial charge >= 0.3 is 0 Å². The first-order valence-electron chi connectivity index (χ1n) is 13.9. The van der Waals surface area contributed by atoms with Gasteiger partial charge in [-0.05, 0) is 97.6 Å². The number of fused-ring (bicyclic) bond motifs is 3. The smallest absolute Gasteiger partial charge is 0.255 e. The number of hydrogen-bond donors (Lipinski definition) is 2. The molecule has 222 valence electrons. The van der Waals surface area contributed by atoms with Crippen LogP contribution in [0, 0.1) is 5.82 Å². The van der Waals surface area contributed by atoms with Gasteiger partial charge in [0.05, 0.1) is 16.6 Å². The summed E-state index contributed by atoms with van der Waals surface area (Å²) in [6.07, 6.45) is 3.92. The number of furan rings is 1. The molecule has 4 aromatic carbocycles. The van der Waals surface area contributed by atoms with Crippen LogP contribution in [0.4, 0.5) is 4.39 Å². The summed E-state index contributed by atoms with van der Waals surface area (Å²) in [5.74, 6) is -0.576. The summed E-state index contributed by atoms with van der Waals surface area (Å²) in [4.78, 5) is 26.9. The van der Waals surface area contributed by atoms with Crippen LogP contribution in [0.15, 0.2) is 95.5 Å². The summed E-state index contributed by atoms with van der Waals surface area (Å²) in [6.45, 7) is 3.89. The van der Waals surface area contributed by atoms with Crippen LogP contribution in [0.25, 0.3) is 44.3 Å². The second kappa shape index (κ2) is 11.5. The molecular formula is C35H29ClFN3O3S. The average Bonchev–Trinajstić information content (AvgIpc) is 3.62. The van der Waals surface area contributed by atoms with E-state index < -0.39 is 5.54 Å². The summed E-state index contributed by atoms with van der Waals surface area (Å²) in [5.41, 5.74) is 4.77. The van der Waals surface area contributed by atoms with Crippen molar-refractivity contribution in [2.24, 2.45) is 0 Å². The van der Waals surface area contributed by atoms with E-state index in [2.05, 4.69) is 10.6 Å². The highest BCUT2D eigenvalue weighted by Crippen LogP contribution is 2.43. The van der Waals surface area contributed by atoms with Gasteiger partial charge in [0.15, 0.2) is 0 Å². The monoisotopic (exact) mass is 625 g/mol. The predicted molar refractivity (Wildman–Crippen MR) is 177 cm³/mol. The molecule has 0 aliphatic heterocycles. The van der Waals surface area contributed by atoms with E-state index >= 15 is 0 Å². The second-order valence-electron chi connectivity index (χ2n) is 10.9. The van der Waals surface area contributed by atoms with E-state index in [0.717, 1.165) is 27.6 Å². The SMILES string of the molecule is CNC(=O)c1c(-c2ccc(F)cc2)oc2c1cc(-c1cccc(C(=O)NC(C)(C)c3ccc(Cl)cc3)c1)c1c2ccn1SC. The Labute approximate surface area is 263 Å². The number of halogens is 2. The van der Waals surface area contributed by atoms with Gasteiger partial charge in [0.25, 0.3) is 11.8 Å². The van der Waals surface area contributed by atoms with Crippen LogP contribution < -0.4 is 10.6 Å². The van der Waals surface area contributed by atoms with Gasteiger partial charge in [0.2, 0.25) is 0 Å². The van der Waals surface area contributed by atoms with Crippen molar-refractivity contribution in [2.75, 3.05) is 13.3 Å². The number of carbonyl (C=O) groups is 2. The van der Waals surface area contributed by atoms with Crippen molar-refractivity contribution in [1.82, 2.24) is 14.6 Å². The Morgan fingerprint density at radius 1 is 0.909 bits per heavy atom. The third kappa shape index (κ3) is 5.25. The first kappa shape index (κ1) is 29.5. The van der Waals surface area contributed by atoms with Crippen molar-refractivity contribution in [3.8, 4) is 22.5 Å². The van der Waals surface area contributed by atoms with Crippen LogP contribution in [0.1, 0.15) is 40.1 Å². The lowest BCUT2D eigenvalue weighted by Gasteiger charge is -2.27. The number of benzene rings is 4. The maximum atomic E-state index is 13.8. The van der Waals surface area contributed by atoms with Gasteiger partial charge in [-0.25, -0.2) is 4.39 Å². The number of nitrogens with one attached hydrogen (secondary N) is 2. The number of nitrogens with zero attached hydrogens (tertiary/aromatic N) is 1. The maximum absolute atomic E-state index is 13.8. The van der Waals surface area contributed by atoms with Crippen LogP contribution in [0.2, 0.25) is 5.02 Å². The average molecular weight is 626 g/mol. The first-order chi connectivity index (χ1) is 21.1. The predicted octanol–water partition coefficient (Wildman–Crippen LogP) is 8.66. The highest BCUT2D eigenvalue weighted by molar-refractivity contribution is 7.97. The van der Waals surface area contributed by atoms with Crippen molar-refractivity contribution in [3.05, 3.63) is 119 Å². The van der Waals surface area contributed by atoms with E-state index in [1.807, 2.05) is 72.7 Å². The fraction of sp³-hybridized carbons (Fsp3) is 0.143. The first-order valence-corrected chi connectivity index (χ1v) is 15.5. The maximum Gasteiger partial charge on any atom is 0.255 e. The zero-order valence-electron chi connectivity index (χ0n) is 24.5. The van der Waals surface area contributed by atoms with Gasteiger partial charge in [-0.2, -0.15) is 0 Å². The third-order valence-electron chi connectivity index (χ3n) is 7.77. The summed E-state index contributed by atoms with van der Waals surface area (Å²) < 4.78 is 22.2. The summed E-state index contributed by atoms with van der Waals surface area (Å²) in [5, 5.41) is 7.92. The molecule has 2 amide bonds. The molecule has 2 heterocycles. The van der Waals surface area contributed by atoms with Crippen molar-refractivity contribution >= 4 is 57.2 Å². The molecule has 44 heavy (non-hydrogen) atoms. The molecule has 0 radical (unpaired) electrons. The minimum atomic E-state index is -0.645. The van der Waals surface area contributed by atoms with Crippen molar-refractivity contribution in [3.63, 3.8) is 0 Å².